The molecule has 6 heteroatoms. The fraction of sp³-hybridized carbons (Fsp3) is 0.556. The summed E-state index contributed by atoms with van der Waals surface area (Å²) in [5.74, 6) is 0. The summed E-state index contributed by atoms with van der Waals surface area (Å²) in [5.41, 5.74) is 1.60. The Morgan fingerprint density at radius 2 is 2.00 bits per heavy atom. The smallest absolute Gasteiger partial charge is 0.261 e. The van der Waals surface area contributed by atoms with Gasteiger partial charge in [0.25, 0.3) is 5.56 Å². The Bertz CT molecular complexity index is 764. The van der Waals surface area contributed by atoms with Crippen LogP contribution < -0.4 is 5.56 Å². The Hall–Kier alpha value is -1.76. The average molecular weight is 331 g/mol. The van der Waals surface area contributed by atoms with E-state index < -0.39 is 6.10 Å². The fourth-order valence-corrected chi connectivity index (χ4v) is 3.48. The zero-order chi connectivity index (χ0) is 17.3. The summed E-state index contributed by atoms with van der Waals surface area (Å²) >= 11 is 0. The molecule has 0 bridgehead atoms. The van der Waals surface area contributed by atoms with Gasteiger partial charge in [-0.25, -0.2) is 4.98 Å². The Morgan fingerprint density at radius 1 is 1.29 bits per heavy atom. The van der Waals surface area contributed by atoms with Crippen molar-refractivity contribution in [2.24, 2.45) is 0 Å². The molecule has 1 aliphatic heterocycles. The van der Waals surface area contributed by atoms with Gasteiger partial charge in [0, 0.05) is 19.6 Å². The molecule has 1 N–H and O–H groups in total. The molecule has 2 aromatic rings. The number of nitrogens with zero attached hydrogens (tertiary/aromatic N) is 3. The highest BCUT2D eigenvalue weighted by Crippen LogP contribution is 2.13. The predicted molar refractivity (Wildman–Crippen MR) is 93.2 cm³/mol. The largest absolute Gasteiger partial charge is 0.390 e. The van der Waals surface area contributed by atoms with E-state index in [1.54, 1.807) is 6.07 Å². The molecule has 1 aromatic heterocycles. The number of aryl methyl sites for hydroxylation is 1. The molecule has 3 rings (SSSR count). The third kappa shape index (κ3) is 3.66. The zero-order valence-electron chi connectivity index (χ0n) is 14.5. The van der Waals surface area contributed by atoms with E-state index >= 15 is 0 Å². The normalized spacial score (nSPS) is 23.5. The van der Waals surface area contributed by atoms with E-state index in [9.17, 15) is 9.90 Å². The molecular weight excluding hydrogens is 306 g/mol. The van der Waals surface area contributed by atoms with Crippen LogP contribution in [0.1, 0.15) is 19.4 Å². The highest BCUT2D eigenvalue weighted by atomic mass is 16.5. The van der Waals surface area contributed by atoms with Crippen LogP contribution in [0, 0.1) is 6.92 Å². The maximum Gasteiger partial charge on any atom is 0.261 e. The Balaban J connectivity index is 1.73. The second-order valence-electron chi connectivity index (χ2n) is 6.80. The van der Waals surface area contributed by atoms with Crippen LogP contribution in [0.4, 0.5) is 0 Å². The first kappa shape index (κ1) is 17.1. The predicted octanol–water partition coefficient (Wildman–Crippen LogP) is 1.18. The van der Waals surface area contributed by atoms with Crippen LogP contribution in [0.15, 0.2) is 29.3 Å². The van der Waals surface area contributed by atoms with Crippen LogP contribution in [0.5, 0.6) is 0 Å². The molecule has 1 saturated heterocycles. The minimum Gasteiger partial charge on any atom is -0.390 e. The summed E-state index contributed by atoms with van der Waals surface area (Å²) in [6.07, 6.45) is 1.23. The van der Waals surface area contributed by atoms with Gasteiger partial charge in [-0.15, -0.1) is 0 Å². The first-order valence-electron chi connectivity index (χ1n) is 8.44. The monoisotopic (exact) mass is 331 g/mol. The number of hydrogen-bond acceptors (Lipinski definition) is 5. The van der Waals surface area contributed by atoms with Crippen LogP contribution in [-0.4, -0.2) is 57.5 Å². The van der Waals surface area contributed by atoms with Crippen molar-refractivity contribution >= 4 is 10.9 Å². The summed E-state index contributed by atoms with van der Waals surface area (Å²) < 4.78 is 7.21. The lowest BCUT2D eigenvalue weighted by Crippen LogP contribution is -2.48. The Labute approximate surface area is 141 Å². The molecule has 0 radical (unpaired) electrons. The van der Waals surface area contributed by atoms with Gasteiger partial charge in [-0.1, -0.05) is 12.1 Å². The quantitative estimate of drug-likeness (QED) is 0.911. The maximum absolute atomic E-state index is 12.6. The molecule has 0 aliphatic carbocycles. The second-order valence-corrected chi connectivity index (χ2v) is 6.80. The summed E-state index contributed by atoms with van der Waals surface area (Å²) in [7, 11) is 0. The van der Waals surface area contributed by atoms with Crippen molar-refractivity contribution in [1.29, 1.82) is 0 Å². The van der Waals surface area contributed by atoms with Gasteiger partial charge in [0.15, 0.2) is 0 Å². The number of para-hydroxylation sites is 1. The first-order chi connectivity index (χ1) is 11.4. The second kappa shape index (κ2) is 7.01. The number of morpholine rings is 1. The standard InChI is InChI=1S/C18H25N3O3/c1-12-5-4-6-16-17(12)19-11-21(18(16)23)10-15(22)9-20-7-13(2)24-14(3)8-20/h4-6,11,13-15,22H,7-10H2,1-3H3. The highest BCUT2D eigenvalue weighted by Gasteiger charge is 2.24. The molecular formula is C18H25N3O3. The van der Waals surface area contributed by atoms with Gasteiger partial charge in [-0.3, -0.25) is 14.3 Å². The third-order valence-corrected chi connectivity index (χ3v) is 4.43. The van der Waals surface area contributed by atoms with Crippen molar-refractivity contribution in [2.45, 2.75) is 45.6 Å². The van der Waals surface area contributed by atoms with E-state index in [0.29, 0.717) is 11.9 Å². The number of β-amino-alcohol motifs (C(OH)–C–C–N with tert-alkyl or cyclic N) is 1. The lowest BCUT2D eigenvalue weighted by molar-refractivity contribution is -0.0773. The minimum absolute atomic E-state index is 0.105. The highest BCUT2D eigenvalue weighted by molar-refractivity contribution is 5.80. The van der Waals surface area contributed by atoms with E-state index in [-0.39, 0.29) is 24.3 Å². The summed E-state index contributed by atoms with van der Waals surface area (Å²) in [6.45, 7) is 8.38. The van der Waals surface area contributed by atoms with E-state index in [0.717, 1.165) is 24.2 Å². The first-order valence-corrected chi connectivity index (χ1v) is 8.44. The van der Waals surface area contributed by atoms with Crippen molar-refractivity contribution in [3.63, 3.8) is 0 Å². The number of benzene rings is 1. The molecule has 3 unspecified atom stereocenters. The van der Waals surface area contributed by atoms with Gasteiger partial charge in [-0.05, 0) is 32.4 Å². The number of aliphatic hydroxyl groups is 1. The number of hydrogen-bond donors (Lipinski definition) is 1. The van der Waals surface area contributed by atoms with Crippen molar-refractivity contribution < 1.29 is 9.84 Å². The molecule has 1 aromatic carbocycles. The maximum atomic E-state index is 12.6. The topological polar surface area (TPSA) is 67.6 Å². The fourth-order valence-electron chi connectivity index (χ4n) is 3.48. The molecule has 0 amide bonds. The average Bonchev–Trinajstić information content (AvgIpc) is 2.49. The molecule has 3 atom stereocenters. The molecule has 1 aliphatic rings. The molecule has 1 fully saturated rings. The van der Waals surface area contributed by atoms with Gasteiger partial charge >= 0.3 is 0 Å². The lowest BCUT2D eigenvalue weighted by Gasteiger charge is -2.36. The van der Waals surface area contributed by atoms with E-state index in [2.05, 4.69) is 9.88 Å². The number of rotatable bonds is 4. The lowest BCUT2D eigenvalue weighted by atomic mass is 10.1. The number of aliphatic hydroxyl groups excluding tert-OH is 1. The van der Waals surface area contributed by atoms with Crippen molar-refractivity contribution in [3.8, 4) is 0 Å². The van der Waals surface area contributed by atoms with Crippen LogP contribution in [-0.2, 0) is 11.3 Å². The van der Waals surface area contributed by atoms with Gasteiger partial charge in [0.2, 0.25) is 0 Å². The van der Waals surface area contributed by atoms with Crippen molar-refractivity contribution in [3.05, 3.63) is 40.4 Å². The van der Waals surface area contributed by atoms with E-state index in [1.165, 1.54) is 10.9 Å². The number of aromatic nitrogens is 2. The summed E-state index contributed by atoms with van der Waals surface area (Å²) in [4.78, 5) is 19.2. The van der Waals surface area contributed by atoms with Gasteiger partial charge < -0.3 is 9.84 Å². The van der Waals surface area contributed by atoms with Gasteiger partial charge in [-0.2, -0.15) is 0 Å². The number of fused-ring (bicyclic) bond motifs is 1. The van der Waals surface area contributed by atoms with Crippen LogP contribution in [0.2, 0.25) is 0 Å². The SMILES string of the molecule is Cc1cccc2c(=O)n(CC(O)CN3CC(C)OC(C)C3)cnc12. The Kier molecular flexibility index (Phi) is 4.99. The zero-order valence-corrected chi connectivity index (χ0v) is 14.5. The van der Waals surface area contributed by atoms with E-state index in [1.807, 2.05) is 32.9 Å². The Morgan fingerprint density at radius 3 is 2.71 bits per heavy atom. The molecule has 2 heterocycles. The van der Waals surface area contributed by atoms with Crippen LogP contribution in [0.25, 0.3) is 10.9 Å². The van der Waals surface area contributed by atoms with Crippen molar-refractivity contribution in [1.82, 2.24) is 14.5 Å². The van der Waals surface area contributed by atoms with E-state index in [4.69, 9.17) is 4.74 Å². The molecule has 130 valence electrons. The molecule has 0 saturated carbocycles. The minimum atomic E-state index is -0.621. The number of ether oxygens (including phenoxy) is 1. The molecule has 24 heavy (non-hydrogen) atoms. The molecule has 6 nitrogen and oxygen atoms in total. The summed E-state index contributed by atoms with van der Waals surface area (Å²) in [5, 5.41) is 11.0. The van der Waals surface area contributed by atoms with Gasteiger partial charge in [0.1, 0.15) is 0 Å². The van der Waals surface area contributed by atoms with Crippen LogP contribution >= 0.6 is 0 Å². The summed E-state index contributed by atoms with van der Waals surface area (Å²) in [6, 6.07) is 5.58. The third-order valence-electron chi connectivity index (χ3n) is 4.43. The van der Waals surface area contributed by atoms with Gasteiger partial charge in [0.05, 0.1) is 42.1 Å². The molecule has 0 spiro atoms. The van der Waals surface area contributed by atoms with Crippen LogP contribution in [0.3, 0.4) is 0 Å². The van der Waals surface area contributed by atoms with Crippen molar-refractivity contribution in [2.75, 3.05) is 19.6 Å².